The summed E-state index contributed by atoms with van der Waals surface area (Å²) in [6, 6.07) is 6.11. The minimum absolute atomic E-state index is 0.899. The Balaban J connectivity index is 2.50. The first kappa shape index (κ1) is 7.74. The van der Waals surface area contributed by atoms with Gasteiger partial charge in [0.25, 0.3) is 0 Å². The molecule has 0 N–H and O–H groups in total. The molecule has 0 amide bonds. The standard InChI is InChI=1S/C10H10OS/c1-11-8-4-2-7-3-5-10(12)9(7)6-8/h2,4-6,12H,3H2,1H3. The second-order valence-electron chi connectivity index (χ2n) is 2.82. The predicted octanol–water partition coefficient (Wildman–Crippen LogP) is 2.52. The summed E-state index contributed by atoms with van der Waals surface area (Å²) in [5.41, 5.74) is 2.54. The van der Waals surface area contributed by atoms with Gasteiger partial charge in [-0.25, -0.2) is 0 Å². The van der Waals surface area contributed by atoms with Gasteiger partial charge in [0.1, 0.15) is 5.75 Å². The quantitative estimate of drug-likeness (QED) is 0.650. The van der Waals surface area contributed by atoms with E-state index in [1.165, 1.54) is 11.1 Å². The van der Waals surface area contributed by atoms with Crippen LogP contribution in [0.3, 0.4) is 0 Å². The molecule has 0 fully saturated rings. The number of benzene rings is 1. The molecule has 1 nitrogen and oxygen atoms in total. The molecule has 0 aliphatic heterocycles. The molecular weight excluding hydrogens is 168 g/mol. The van der Waals surface area contributed by atoms with Crippen molar-refractivity contribution in [2.75, 3.05) is 7.11 Å². The maximum atomic E-state index is 5.13. The third-order valence-electron chi connectivity index (χ3n) is 2.11. The first-order valence-corrected chi connectivity index (χ1v) is 4.32. The average Bonchev–Trinajstić information content (AvgIpc) is 2.47. The highest BCUT2D eigenvalue weighted by atomic mass is 32.1. The molecule has 1 aromatic carbocycles. The number of ether oxygens (including phenoxy) is 1. The topological polar surface area (TPSA) is 9.23 Å². The lowest BCUT2D eigenvalue weighted by Crippen LogP contribution is -1.86. The lowest BCUT2D eigenvalue weighted by molar-refractivity contribution is 0.414. The number of rotatable bonds is 1. The van der Waals surface area contributed by atoms with E-state index in [4.69, 9.17) is 4.74 Å². The maximum absolute atomic E-state index is 5.13. The van der Waals surface area contributed by atoms with Crippen LogP contribution in [-0.4, -0.2) is 7.11 Å². The highest BCUT2D eigenvalue weighted by Crippen LogP contribution is 2.32. The molecule has 0 saturated heterocycles. The van der Waals surface area contributed by atoms with Crippen molar-refractivity contribution in [3.05, 3.63) is 35.4 Å². The second kappa shape index (κ2) is 2.87. The van der Waals surface area contributed by atoms with Gasteiger partial charge in [-0.3, -0.25) is 0 Å². The molecule has 0 aromatic heterocycles. The highest BCUT2D eigenvalue weighted by molar-refractivity contribution is 7.90. The average molecular weight is 178 g/mol. The van der Waals surface area contributed by atoms with Gasteiger partial charge < -0.3 is 4.74 Å². The Bertz CT molecular complexity index is 342. The predicted molar refractivity (Wildman–Crippen MR) is 53.7 cm³/mol. The van der Waals surface area contributed by atoms with Gasteiger partial charge in [-0.05, 0) is 29.7 Å². The zero-order chi connectivity index (χ0) is 8.55. The molecular formula is C10H10OS. The van der Waals surface area contributed by atoms with Crippen molar-refractivity contribution < 1.29 is 4.74 Å². The highest BCUT2D eigenvalue weighted by Gasteiger charge is 2.11. The molecule has 2 heteroatoms. The summed E-state index contributed by atoms with van der Waals surface area (Å²) in [7, 11) is 1.68. The number of hydrogen-bond donors (Lipinski definition) is 1. The Kier molecular flexibility index (Phi) is 1.85. The molecule has 1 aliphatic rings. The molecule has 2 rings (SSSR count). The second-order valence-corrected chi connectivity index (χ2v) is 3.30. The van der Waals surface area contributed by atoms with E-state index in [-0.39, 0.29) is 0 Å². The molecule has 62 valence electrons. The number of hydrogen-bond acceptors (Lipinski definition) is 2. The summed E-state index contributed by atoms with van der Waals surface area (Å²) < 4.78 is 5.13. The van der Waals surface area contributed by atoms with Crippen molar-refractivity contribution in [3.8, 4) is 5.75 Å². The van der Waals surface area contributed by atoms with Gasteiger partial charge in [-0.2, -0.15) is 0 Å². The Labute approximate surface area is 77.5 Å². The minimum atomic E-state index is 0.899. The van der Waals surface area contributed by atoms with Gasteiger partial charge in [-0.1, -0.05) is 12.1 Å². The van der Waals surface area contributed by atoms with Crippen LogP contribution in [0, 0.1) is 0 Å². The van der Waals surface area contributed by atoms with E-state index in [0.717, 1.165) is 17.1 Å². The maximum Gasteiger partial charge on any atom is 0.119 e. The van der Waals surface area contributed by atoms with Gasteiger partial charge in [0.15, 0.2) is 0 Å². The van der Waals surface area contributed by atoms with Crippen LogP contribution in [0.4, 0.5) is 0 Å². The van der Waals surface area contributed by atoms with Gasteiger partial charge in [-0.15, -0.1) is 12.6 Å². The van der Waals surface area contributed by atoms with Gasteiger partial charge in [0, 0.05) is 4.91 Å². The summed E-state index contributed by atoms with van der Waals surface area (Å²) in [6.45, 7) is 0. The zero-order valence-electron chi connectivity index (χ0n) is 6.87. The van der Waals surface area contributed by atoms with Crippen molar-refractivity contribution in [2.24, 2.45) is 0 Å². The van der Waals surface area contributed by atoms with Crippen molar-refractivity contribution in [3.63, 3.8) is 0 Å². The van der Waals surface area contributed by atoms with Crippen LogP contribution < -0.4 is 4.74 Å². The van der Waals surface area contributed by atoms with Crippen LogP contribution in [0.1, 0.15) is 11.1 Å². The fourth-order valence-corrected chi connectivity index (χ4v) is 1.72. The smallest absolute Gasteiger partial charge is 0.119 e. The molecule has 0 bridgehead atoms. The summed E-state index contributed by atoms with van der Waals surface area (Å²) in [5, 5.41) is 0. The first-order chi connectivity index (χ1) is 5.81. The van der Waals surface area contributed by atoms with Gasteiger partial charge in [0.05, 0.1) is 7.11 Å². The summed E-state index contributed by atoms with van der Waals surface area (Å²) in [6.07, 6.45) is 3.12. The van der Waals surface area contributed by atoms with Crippen molar-refractivity contribution in [1.29, 1.82) is 0 Å². The monoisotopic (exact) mass is 178 g/mol. The SMILES string of the molecule is COc1ccc2c(c1)C(S)=CC2. The lowest BCUT2D eigenvalue weighted by atomic mass is 10.1. The van der Waals surface area contributed by atoms with E-state index in [2.05, 4.69) is 24.8 Å². The molecule has 0 spiro atoms. The number of thiol groups is 1. The Hall–Kier alpha value is -0.890. The minimum Gasteiger partial charge on any atom is -0.497 e. The van der Waals surface area contributed by atoms with E-state index in [9.17, 15) is 0 Å². The lowest BCUT2D eigenvalue weighted by Gasteiger charge is -2.03. The molecule has 12 heavy (non-hydrogen) atoms. The third-order valence-corrected chi connectivity index (χ3v) is 2.53. The largest absolute Gasteiger partial charge is 0.497 e. The Morgan fingerprint density at radius 1 is 1.42 bits per heavy atom. The van der Waals surface area contributed by atoms with E-state index >= 15 is 0 Å². The van der Waals surface area contributed by atoms with Crippen molar-refractivity contribution in [2.45, 2.75) is 6.42 Å². The third kappa shape index (κ3) is 1.12. The summed E-state index contributed by atoms with van der Waals surface area (Å²) in [4.78, 5) is 1.06. The molecule has 0 saturated carbocycles. The first-order valence-electron chi connectivity index (χ1n) is 3.87. The van der Waals surface area contributed by atoms with E-state index in [1.807, 2.05) is 12.1 Å². The van der Waals surface area contributed by atoms with E-state index in [0.29, 0.717) is 0 Å². The molecule has 0 unspecified atom stereocenters. The molecule has 0 radical (unpaired) electrons. The normalized spacial score (nSPS) is 14.0. The molecule has 1 aliphatic carbocycles. The number of fused-ring (bicyclic) bond motifs is 1. The fraction of sp³-hybridized carbons (Fsp3) is 0.200. The van der Waals surface area contributed by atoms with E-state index in [1.54, 1.807) is 7.11 Å². The molecule has 0 atom stereocenters. The Morgan fingerprint density at radius 3 is 3.00 bits per heavy atom. The van der Waals surface area contributed by atoms with Crippen molar-refractivity contribution in [1.82, 2.24) is 0 Å². The van der Waals surface area contributed by atoms with Crippen LogP contribution in [0.25, 0.3) is 4.91 Å². The van der Waals surface area contributed by atoms with Gasteiger partial charge >= 0.3 is 0 Å². The molecule has 1 aromatic rings. The summed E-state index contributed by atoms with van der Waals surface area (Å²) in [5.74, 6) is 0.899. The van der Waals surface area contributed by atoms with Crippen LogP contribution in [0.15, 0.2) is 24.3 Å². The van der Waals surface area contributed by atoms with Crippen LogP contribution in [0.2, 0.25) is 0 Å². The Morgan fingerprint density at radius 2 is 2.25 bits per heavy atom. The van der Waals surface area contributed by atoms with Crippen LogP contribution >= 0.6 is 12.6 Å². The fourth-order valence-electron chi connectivity index (χ4n) is 1.42. The van der Waals surface area contributed by atoms with Gasteiger partial charge in [0.2, 0.25) is 0 Å². The molecule has 0 heterocycles. The summed E-state index contributed by atoms with van der Waals surface area (Å²) >= 11 is 4.36. The van der Waals surface area contributed by atoms with Crippen molar-refractivity contribution >= 4 is 17.5 Å². The van der Waals surface area contributed by atoms with Crippen LogP contribution in [0.5, 0.6) is 5.75 Å². The van der Waals surface area contributed by atoms with E-state index < -0.39 is 0 Å². The zero-order valence-corrected chi connectivity index (χ0v) is 7.77. The number of allylic oxidation sites excluding steroid dienone is 1. The number of methoxy groups -OCH3 is 1. The van der Waals surface area contributed by atoms with Crippen LogP contribution in [-0.2, 0) is 6.42 Å².